The summed E-state index contributed by atoms with van der Waals surface area (Å²) < 4.78 is 5.95. The van der Waals surface area contributed by atoms with Crippen LogP contribution < -0.4 is 0 Å². The molecule has 0 aliphatic heterocycles. The van der Waals surface area contributed by atoms with E-state index in [9.17, 15) is 20.2 Å². The summed E-state index contributed by atoms with van der Waals surface area (Å²) in [5.74, 6) is 0. The molecule has 0 N–H and O–H groups in total. The summed E-state index contributed by atoms with van der Waals surface area (Å²) in [4.78, 5) is 20.9. The van der Waals surface area contributed by atoms with Crippen LogP contribution in [0.5, 0.6) is 0 Å². The molecule has 28 heavy (non-hydrogen) atoms. The van der Waals surface area contributed by atoms with Crippen LogP contribution in [-0.4, -0.2) is 19.6 Å². The maximum absolute atomic E-state index is 11.3. The summed E-state index contributed by atoms with van der Waals surface area (Å²) in [5.41, 5.74) is 2.12. The monoisotopic (exact) mass is 394 g/mol. The summed E-state index contributed by atoms with van der Waals surface area (Å²) in [7, 11) is -1.14. The molecule has 0 unspecified atom stereocenters. The number of non-ortho nitro benzene ring substituents is 1. The van der Waals surface area contributed by atoms with Crippen molar-refractivity contribution >= 4 is 21.1 Å². The van der Waals surface area contributed by atoms with Crippen LogP contribution in [0.3, 0.4) is 0 Å². The highest BCUT2D eigenvalue weighted by molar-refractivity contribution is 6.31. The summed E-state index contributed by atoms with van der Waals surface area (Å²) in [5, 5.41) is 22.1. The Morgan fingerprint density at radius 2 is 1.39 bits per heavy atom. The van der Waals surface area contributed by atoms with Crippen LogP contribution in [0.1, 0.15) is 22.2 Å². The second-order valence-electron chi connectivity index (χ2n) is 6.22. The Morgan fingerprint density at radius 3 is 1.89 bits per heavy atom. The Kier molecular flexibility index (Phi) is 6.25. The maximum atomic E-state index is 11.3. The van der Waals surface area contributed by atoms with E-state index >= 15 is 0 Å². The van der Waals surface area contributed by atoms with Crippen molar-refractivity contribution in [3.63, 3.8) is 0 Å². The van der Waals surface area contributed by atoms with Crippen LogP contribution in [0, 0.1) is 20.2 Å². The molecule has 0 bridgehead atoms. The lowest BCUT2D eigenvalue weighted by molar-refractivity contribution is -0.394. The molecule has 0 spiro atoms. The number of rotatable bonds is 8. The fourth-order valence-electron chi connectivity index (χ4n) is 3.00. The first-order valence-electron chi connectivity index (χ1n) is 8.65. The molecule has 0 aliphatic rings. The van der Waals surface area contributed by atoms with Crippen LogP contribution in [0.2, 0.25) is 0 Å². The van der Waals surface area contributed by atoms with Crippen LogP contribution in [0.4, 0.5) is 11.4 Å². The molecule has 0 radical (unpaired) electrons. The molecular formula is C20H18N2O5Si. The Morgan fingerprint density at radius 1 is 0.821 bits per heavy atom. The van der Waals surface area contributed by atoms with Crippen molar-refractivity contribution in [3.05, 3.63) is 116 Å². The smallest absolute Gasteiger partial charge is 0.281 e. The number of nitrogens with zero attached hydrogens (tertiary/aromatic N) is 2. The van der Waals surface area contributed by atoms with Crippen LogP contribution in [0.25, 0.3) is 0 Å². The number of benzene rings is 3. The predicted octanol–water partition coefficient (Wildman–Crippen LogP) is 3.89. The molecule has 0 atom stereocenters. The fourth-order valence-corrected chi connectivity index (χ4v) is 4.50. The van der Waals surface area contributed by atoms with Gasteiger partial charge in [-0.15, -0.1) is 0 Å². The standard InChI is InChI=1S/C20H18N2O5Si/c23-21(24)18-12-11-17(19(13-18)22(25)26)14-27-28-20(15-7-3-1-4-8-15)16-9-5-2-6-10-16/h1-13,20H,14,28H2. The average molecular weight is 394 g/mol. The molecule has 0 heterocycles. The Bertz CT molecular complexity index is 927. The Balaban J connectivity index is 1.78. The topological polar surface area (TPSA) is 95.5 Å². The summed E-state index contributed by atoms with van der Waals surface area (Å²) >= 11 is 0. The van der Waals surface area contributed by atoms with Gasteiger partial charge in [-0.1, -0.05) is 60.7 Å². The number of hydrogen-bond donors (Lipinski definition) is 0. The lowest BCUT2D eigenvalue weighted by Crippen LogP contribution is -2.14. The third-order valence-electron chi connectivity index (χ3n) is 4.42. The summed E-state index contributed by atoms with van der Waals surface area (Å²) in [6.45, 7) is 0.0523. The lowest BCUT2D eigenvalue weighted by Gasteiger charge is -2.17. The average Bonchev–Trinajstić information content (AvgIpc) is 2.72. The van der Waals surface area contributed by atoms with E-state index in [0.717, 1.165) is 17.2 Å². The van der Waals surface area contributed by atoms with Crippen LogP contribution in [-0.2, 0) is 11.0 Å². The second kappa shape index (κ2) is 9.02. The highest BCUT2D eigenvalue weighted by atomic mass is 28.2. The first kappa shape index (κ1) is 19.4. The zero-order chi connectivity index (χ0) is 19.9. The molecule has 0 fully saturated rings. The molecule has 3 aromatic rings. The third-order valence-corrected chi connectivity index (χ3v) is 6.14. The molecule has 0 amide bonds. The van der Waals surface area contributed by atoms with Gasteiger partial charge in [-0.05, 0) is 17.2 Å². The zero-order valence-electron chi connectivity index (χ0n) is 14.9. The van der Waals surface area contributed by atoms with E-state index in [1.54, 1.807) is 0 Å². The van der Waals surface area contributed by atoms with Gasteiger partial charge in [-0.2, -0.15) is 0 Å². The molecule has 7 nitrogen and oxygen atoms in total. The van der Waals surface area contributed by atoms with E-state index in [1.807, 2.05) is 60.7 Å². The zero-order valence-corrected chi connectivity index (χ0v) is 16.3. The summed E-state index contributed by atoms with van der Waals surface area (Å²) in [6.07, 6.45) is 0. The molecular weight excluding hydrogens is 376 g/mol. The Hall–Kier alpha value is -3.36. The SMILES string of the molecule is O=[N+]([O-])c1ccc(CO[SiH2]C(c2ccccc2)c2ccccc2)c([N+](=O)[O-])c1. The minimum Gasteiger partial charge on any atom is -0.419 e. The van der Waals surface area contributed by atoms with Gasteiger partial charge >= 0.3 is 0 Å². The molecule has 8 heteroatoms. The van der Waals surface area contributed by atoms with Crippen LogP contribution in [0.15, 0.2) is 78.9 Å². The number of hydrogen-bond acceptors (Lipinski definition) is 5. The van der Waals surface area contributed by atoms with Gasteiger partial charge in [-0.3, -0.25) is 20.2 Å². The molecule has 0 aliphatic carbocycles. The van der Waals surface area contributed by atoms with Crippen molar-refractivity contribution in [1.29, 1.82) is 0 Å². The molecule has 0 saturated heterocycles. The molecule has 3 aromatic carbocycles. The Labute approximate surface area is 163 Å². The predicted molar refractivity (Wildman–Crippen MR) is 108 cm³/mol. The van der Waals surface area contributed by atoms with Gasteiger partial charge in [0, 0.05) is 11.6 Å². The van der Waals surface area contributed by atoms with Gasteiger partial charge in [0.15, 0.2) is 9.76 Å². The molecule has 3 rings (SSSR count). The number of nitro benzene ring substituents is 2. The van der Waals surface area contributed by atoms with E-state index in [2.05, 4.69) is 0 Å². The fraction of sp³-hybridized carbons (Fsp3) is 0.100. The van der Waals surface area contributed by atoms with E-state index in [0.29, 0.717) is 5.56 Å². The van der Waals surface area contributed by atoms with Crippen molar-refractivity contribution in [1.82, 2.24) is 0 Å². The quantitative estimate of drug-likeness (QED) is 0.328. The van der Waals surface area contributed by atoms with Crippen molar-refractivity contribution in [2.75, 3.05) is 0 Å². The normalized spacial score (nSPS) is 11.2. The largest absolute Gasteiger partial charge is 0.419 e. The van der Waals surface area contributed by atoms with Crippen LogP contribution >= 0.6 is 0 Å². The van der Waals surface area contributed by atoms with Gasteiger partial charge in [-0.25, -0.2) is 0 Å². The summed E-state index contributed by atoms with van der Waals surface area (Å²) in [6, 6.07) is 23.6. The first-order valence-corrected chi connectivity index (χ1v) is 10.0. The second-order valence-corrected chi connectivity index (χ2v) is 7.77. The van der Waals surface area contributed by atoms with E-state index in [-0.39, 0.29) is 23.5 Å². The molecule has 0 aromatic heterocycles. The van der Waals surface area contributed by atoms with E-state index in [4.69, 9.17) is 4.43 Å². The van der Waals surface area contributed by atoms with Crippen molar-refractivity contribution < 1.29 is 14.3 Å². The molecule has 142 valence electrons. The highest BCUT2D eigenvalue weighted by Crippen LogP contribution is 2.27. The number of nitro groups is 2. The highest BCUT2D eigenvalue weighted by Gasteiger charge is 2.20. The van der Waals surface area contributed by atoms with E-state index in [1.165, 1.54) is 12.1 Å². The van der Waals surface area contributed by atoms with Gasteiger partial charge < -0.3 is 4.43 Å². The minimum absolute atomic E-state index is 0.0523. The van der Waals surface area contributed by atoms with Gasteiger partial charge in [0.2, 0.25) is 0 Å². The lowest BCUT2D eigenvalue weighted by atomic mass is 10.0. The van der Waals surface area contributed by atoms with Crippen molar-refractivity contribution in [2.45, 2.75) is 12.1 Å². The third kappa shape index (κ3) is 4.67. The molecule has 0 saturated carbocycles. The van der Waals surface area contributed by atoms with Crippen molar-refractivity contribution in [3.8, 4) is 0 Å². The maximum Gasteiger partial charge on any atom is 0.281 e. The van der Waals surface area contributed by atoms with Crippen molar-refractivity contribution in [2.24, 2.45) is 0 Å². The van der Waals surface area contributed by atoms with Gasteiger partial charge in [0.1, 0.15) is 0 Å². The minimum atomic E-state index is -1.14. The van der Waals surface area contributed by atoms with Gasteiger partial charge in [0.25, 0.3) is 11.4 Å². The first-order chi connectivity index (χ1) is 13.6. The van der Waals surface area contributed by atoms with E-state index < -0.39 is 19.6 Å². The van der Waals surface area contributed by atoms with Gasteiger partial charge in [0.05, 0.1) is 28.1 Å².